The number of phenols is 2. The summed E-state index contributed by atoms with van der Waals surface area (Å²) in [6.07, 6.45) is -1.95. The maximum atomic E-state index is 12.6. The molecule has 4 rings (SSSR count). The van der Waals surface area contributed by atoms with E-state index in [4.69, 9.17) is 12.2 Å². The minimum Gasteiger partial charge on any atom is -0.504 e. The molecule has 3 N–H and O–H groups in total. The second-order valence-corrected chi connectivity index (χ2v) is 8.91. The van der Waals surface area contributed by atoms with Crippen LogP contribution in [0.2, 0.25) is 0 Å². The van der Waals surface area contributed by atoms with Gasteiger partial charge in [0.15, 0.2) is 16.6 Å². The van der Waals surface area contributed by atoms with E-state index in [2.05, 4.69) is 20.4 Å². The Hall–Kier alpha value is -3.66. The molecule has 0 amide bonds. The van der Waals surface area contributed by atoms with E-state index in [0.717, 1.165) is 54.6 Å². The molecule has 0 bridgehead atoms. The van der Waals surface area contributed by atoms with Gasteiger partial charge in [0.25, 0.3) is 0 Å². The molecule has 0 unspecified atom stereocenters. The van der Waals surface area contributed by atoms with Crippen molar-refractivity contribution < 1.29 is 23.4 Å². The van der Waals surface area contributed by atoms with Gasteiger partial charge in [0.2, 0.25) is 0 Å². The van der Waals surface area contributed by atoms with Crippen LogP contribution < -0.4 is 5.32 Å². The van der Waals surface area contributed by atoms with Crippen LogP contribution >= 0.6 is 12.2 Å². The maximum absolute atomic E-state index is 12.6. The Morgan fingerprint density at radius 1 is 0.917 bits per heavy atom. The predicted octanol–water partition coefficient (Wildman–Crippen LogP) is 6.40. The maximum Gasteiger partial charge on any atom is 0.416 e. The average molecular weight is 515 g/mol. The van der Waals surface area contributed by atoms with Crippen molar-refractivity contribution in [3.63, 3.8) is 0 Å². The Morgan fingerprint density at radius 2 is 1.50 bits per heavy atom. The van der Waals surface area contributed by atoms with E-state index >= 15 is 0 Å². The summed E-state index contributed by atoms with van der Waals surface area (Å²) in [5.74, 6) is -0.230. The van der Waals surface area contributed by atoms with Crippen molar-refractivity contribution in [2.24, 2.45) is 10.2 Å². The zero-order chi connectivity index (χ0) is 25.7. The van der Waals surface area contributed by atoms with Gasteiger partial charge in [0.05, 0.1) is 16.9 Å². The van der Waals surface area contributed by atoms with Crippen LogP contribution in [-0.2, 0) is 25.6 Å². The SMILES string of the molecule is Oc1cc2c(cc1O)CN(C(=S)NCCc1ccc(N=Nc3ccc(C(F)(F)F)cc3)cc1)CCC2. The third kappa shape index (κ3) is 6.51. The van der Waals surface area contributed by atoms with Gasteiger partial charge in [0.1, 0.15) is 0 Å². The molecule has 6 nitrogen and oxygen atoms in total. The fourth-order valence-electron chi connectivity index (χ4n) is 3.95. The van der Waals surface area contributed by atoms with Gasteiger partial charge in [-0.3, -0.25) is 0 Å². The van der Waals surface area contributed by atoms with Crippen LogP contribution in [-0.4, -0.2) is 33.3 Å². The predicted molar refractivity (Wildman–Crippen MR) is 135 cm³/mol. The fourth-order valence-corrected chi connectivity index (χ4v) is 4.21. The van der Waals surface area contributed by atoms with Crippen molar-refractivity contribution in [1.82, 2.24) is 10.2 Å². The molecule has 0 saturated carbocycles. The molecule has 3 aromatic rings. The smallest absolute Gasteiger partial charge is 0.416 e. The molecule has 0 saturated heterocycles. The molecule has 0 fully saturated rings. The molecule has 0 atom stereocenters. The zero-order valence-corrected chi connectivity index (χ0v) is 20.1. The summed E-state index contributed by atoms with van der Waals surface area (Å²) >= 11 is 5.58. The van der Waals surface area contributed by atoms with Gasteiger partial charge in [-0.25, -0.2) is 0 Å². The summed E-state index contributed by atoms with van der Waals surface area (Å²) in [5.41, 5.74) is 3.26. The van der Waals surface area contributed by atoms with Gasteiger partial charge in [-0.05, 0) is 96.7 Å². The topological polar surface area (TPSA) is 80.5 Å². The number of nitrogens with one attached hydrogen (secondary N) is 1. The third-order valence-corrected chi connectivity index (χ3v) is 6.32. The molecule has 188 valence electrons. The van der Waals surface area contributed by atoms with E-state index in [9.17, 15) is 23.4 Å². The molecule has 1 heterocycles. The average Bonchev–Trinajstić information content (AvgIpc) is 3.05. The highest BCUT2D eigenvalue weighted by Gasteiger charge is 2.29. The quantitative estimate of drug-likeness (QED) is 0.209. The molecule has 0 aromatic heterocycles. The first-order valence-electron chi connectivity index (χ1n) is 11.4. The number of thiocarbonyl (C=S) groups is 1. The highest BCUT2D eigenvalue weighted by Crippen LogP contribution is 2.32. The van der Waals surface area contributed by atoms with Gasteiger partial charge in [-0.1, -0.05) is 12.1 Å². The van der Waals surface area contributed by atoms with E-state index in [1.165, 1.54) is 12.1 Å². The van der Waals surface area contributed by atoms with Gasteiger partial charge >= 0.3 is 6.18 Å². The number of nitrogens with zero attached hydrogens (tertiary/aromatic N) is 3. The largest absolute Gasteiger partial charge is 0.504 e. The summed E-state index contributed by atoms with van der Waals surface area (Å²) in [6, 6.07) is 15.2. The van der Waals surface area contributed by atoms with Crippen LogP contribution in [0.3, 0.4) is 0 Å². The van der Waals surface area contributed by atoms with Crippen LogP contribution in [0.4, 0.5) is 24.5 Å². The molecular formula is C26H25F3N4O2S. The van der Waals surface area contributed by atoms with Crippen LogP contribution in [0.1, 0.15) is 28.7 Å². The standard InChI is InChI=1S/C26H25F3N4O2S/c27-26(28,29)20-5-9-22(10-6-20)32-31-21-7-3-17(4-8-21)11-12-30-25(36)33-13-1-2-18-14-23(34)24(35)15-19(18)16-33/h3-10,14-15,34-35H,1-2,11-13,16H2,(H,30,36). The lowest BCUT2D eigenvalue weighted by molar-refractivity contribution is -0.137. The molecule has 0 spiro atoms. The first-order valence-corrected chi connectivity index (χ1v) is 11.8. The third-order valence-electron chi connectivity index (χ3n) is 5.92. The molecule has 1 aliphatic heterocycles. The monoisotopic (exact) mass is 514 g/mol. The molecule has 3 aromatic carbocycles. The lowest BCUT2D eigenvalue weighted by atomic mass is 10.0. The number of alkyl halides is 3. The zero-order valence-electron chi connectivity index (χ0n) is 19.3. The molecule has 36 heavy (non-hydrogen) atoms. The Labute approximate surface area is 212 Å². The Kier molecular flexibility index (Phi) is 7.73. The molecule has 0 aliphatic carbocycles. The normalized spacial score (nSPS) is 13.9. The van der Waals surface area contributed by atoms with Gasteiger partial charge in [-0.2, -0.15) is 23.4 Å². The highest BCUT2D eigenvalue weighted by atomic mass is 32.1. The van der Waals surface area contributed by atoms with Crippen molar-refractivity contribution in [3.8, 4) is 11.5 Å². The Balaban J connectivity index is 1.27. The fraction of sp³-hybridized carbons (Fsp3) is 0.269. The number of aryl methyl sites for hydroxylation is 1. The summed E-state index contributed by atoms with van der Waals surface area (Å²) in [7, 11) is 0. The number of azo groups is 1. The molecule has 1 aliphatic rings. The summed E-state index contributed by atoms with van der Waals surface area (Å²) < 4.78 is 37.9. The van der Waals surface area contributed by atoms with Crippen LogP contribution in [0.5, 0.6) is 11.5 Å². The summed E-state index contributed by atoms with van der Waals surface area (Å²) in [4.78, 5) is 2.06. The minimum absolute atomic E-state index is 0.102. The van der Waals surface area contributed by atoms with Crippen LogP contribution in [0.15, 0.2) is 70.9 Å². The first kappa shape index (κ1) is 25.4. The highest BCUT2D eigenvalue weighted by molar-refractivity contribution is 7.80. The second kappa shape index (κ2) is 10.9. The van der Waals surface area contributed by atoms with E-state index < -0.39 is 11.7 Å². The number of phenolic OH excluding ortho intramolecular Hbond substituents is 2. The number of hydrogen-bond donors (Lipinski definition) is 3. The lowest BCUT2D eigenvalue weighted by Gasteiger charge is -2.24. The Morgan fingerprint density at radius 3 is 2.11 bits per heavy atom. The van der Waals surface area contributed by atoms with E-state index in [1.807, 2.05) is 12.1 Å². The van der Waals surface area contributed by atoms with E-state index in [-0.39, 0.29) is 11.5 Å². The number of halogens is 3. The number of aromatic hydroxyl groups is 2. The van der Waals surface area contributed by atoms with E-state index in [1.54, 1.807) is 24.3 Å². The van der Waals surface area contributed by atoms with Gasteiger partial charge in [0, 0.05) is 19.6 Å². The number of hydrogen-bond acceptors (Lipinski definition) is 5. The van der Waals surface area contributed by atoms with Crippen LogP contribution in [0, 0.1) is 0 Å². The second-order valence-electron chi connectivity index (χ2n) is 8.53. The number of rotatable bonds is 5. The van der Waals surface area contributed by atoms with E-state index in [0.29, 0.717) is 29.6 Å². The van der Waals surface area contributed by atoms with Gasteiger partial charge < -0.3 is 20.4 Å². The van der Waals surface area contributed by atoms with Crippen molar-refractivity contribution in [3.05, 3.63) is 82.9 Å². The van der Waals surface area contributed by atoms with Crippen molar-refractivity contribution >= 4 is 28.7 Å². The summed E-state index contributed by atoms with van der Waals surface area (Å²) in [6.45, 7) is 1.98. The van der Waals surface area contributed by atoms with Crippen molar-refractivity contribution in [1.29, 1.82) is 0 Å². The molecule has 10 heteroatoms. The first-order chi connectivity index (χ1) is 17.2. The molecule has 0 radical (unpaired) electrons. The number of fused-ring (bicyclic) bond motifs is 1. The minimum atomic E-state index is -4.38. The molecular weight excluding hydrogens is 489 g/mol. The number of benzene rings is 3. The lowest BCUT2D eigenvalue weighted by Crippen LogP contribution is -2.40. The summed E-state index contributed by atoms with van der Waals surface area (Å²) in [5, 5.41) is 31.6. The van der Waals surface area contributed by atoms with Crippen LogP contribution in [0.25, 0.3) is 0 Å². The van der Waals surface area contributed by atoms with Gasteiger partial charge in [-0.15, -0.1) is 0 Å². The van der Waals surface area contributed by atoms with Crippen molar-refractivity contribution in [2.75, 3.05) is 13.1 Å². The Bertz CT molecular complexity index is 1250. The van der Waals surface area contributed by atoms with Crippen molar-refractivity contribution in [2.45, 2.75) is 32.0 Å².